The van der Waals surface area contributed by atoms with E-state index in [0.717, 1.165) is 12.1 Å². The summed E-state index contributed by atoms with van der Waals surface area (Å²) < 4.78 is 0. The summed E-state index contributed by atoms with van der Waals surface area (Å²) in [7, 11) is 0. The lowest BCUT2D eigenvalue weighted by molar-refractivity contribution is -0.122. The number of carbonyl (C=O) groups excluding carboxylic acids is 2. The highest BCUT2D eigenvalue weighted by molar-refractivity contribution is 5.92. The quantitative estimate of drug-likeness (QED) is 0.803. The van der Waals surface area contributed by atoms with Crippen molar-refractivity contribution in [3.63, 3.8) is 0 Å². The highest BCUT2D eigenvalue weighted by atomic mass is 16.2. The molecular weight excluding hydrogens is 340 g/mol. The van der Waals surface area contributed by atoms with Crippen molar-refractivity contribution in [3.05, 3.63) is 35.4 Å². The zero-order valence-electron chi connectivity index (χ0n) is 15.7. The Morgan fingerprint density at radius 3 is 2.56 bits per heavy atom. The molecule has 0 bridgehead atoms. The zero-order chi connectivity index (χ0) is 19.3. The Morgan fingerprint density at radius 1 is 1.22 bits per heavy atom. The average molecular weight is 368 g/mol. The van der Waals surface area contributed by atoms with E-state index < -0.39 is 11.4 Å². The summed E-state index contributed by atoms with van der Waals surface area (Å²) in [5.74, 6) is -0.556. The fourth-order valence-corrected chi connectivity index (χ4v) is 4.24. The second kappa shape index (κ2) is 8.53. The molecule has 0 spiro atoms. The second-order valence-electron chi connectivity index (χ2n) is 7.82. The molecular formula is C21H28N4O2. The van der Waals surface area contributed by atoms with E-state index in [9.17, 15) is 14.9 Å². The van der Waals surface area contributed by atoms with E-state index in [-0.39, 0.29) is 5.91 Å². The maximum Gasteiger partial charge on any atom is 0.248 e. The largest absolute Gasteiger partial charge is 0.366 e. The molecule has 1 heterocycles. The van der Waals surface area contributed by atoms with Gasteiger partial charge in [-0.3, -0.25) is 14.5 Å². The van der Waals surface area contributed by atoms with Gasteiger partial charge in [-0.15, -0.1) is 0 Å². The molecule has 2 fully saturated rings. The number of nitrogens with one attached hydrogen (secondary N) is 1. The number of hydrogen-bond donors (Lipinski definition) is 2. The molecule has 1 saturated heterocycles. The highest BCUT2D eigenvalue weighted by Gasteiger charge is 2.41. The lowest BCUT2D eigenvalue weighted by atomic mass is 9.94. The van der Waals surface area contributed by atoms with Gasteiger partial charge in [0.2, 0.25) is 11.8 Å². The van der Waals surface area contributed by atoms with Crippen LogP contribution in [0.2, 0.25) is 0 Å². The first-order valence-corrected chi connectivity index (χ1v) is 9.86. The van der Waals surface area contributed by atoms with Gasteiger partial charge in [0.15, 0.2) is 0 Å². The van der Waals surface area contributed by atoms with E-state index in [2.05, 4.69) is 16.3 Å². The minimum atomic E-state index is -0.760. The fraction of sp³-hybridized carbons (Fsp3) is 0.571. The molecule has 6 heteroatoms. The Kier molecular flexibility index (Phi) is 6.12. The van der Waals surface area contributed by atoms with Crippen LogP contribution in [0.15, 0.2) is 24.3 Å². The summed E-state index contributed by atoms with van der Waals surface area (Å²) >= 11 is 0. The third kappa shape index (κ3) is 4.86. The van der Waals surface area contributed by atoms with Crippen molar-refractivity contribution >= 4 is 11.8 Å². The number of nitrogens with zero attached hydrogens (tertiary/aromatic N) is 2. The average Bonchev–Trinajstić information content (AvgIpc) is 3.12. The maximum absolute atomic E-state index is 12.4. The third-order valence-electron chi connectivity index (χ3n) is 5.86. The van der Waals surface area contributed by atoms with Crippen molar-refractivity contribution in [2.24, 2.45) is 5.73 Å². The first-order chi connectivity index (χ1) is 13.0. The van der Waals surface area contributed by atoms with E-state index >= 15 is 0 Å². The van der Waals surface area contributed by atoms with Gasteiger partial charge in [0.05, 0.1) is 6.07 Å². The summed E-state index contributed by atoms with van der Waals surface area (Å²) in [5, 5.41) is 12.7. The predicted octanol–water partition coefficient (Wildman–Crippen LogP) is 2.14. The lowest BCUT2D eigenvalue weighted by Crippen LogP contribution is -2.50. The Morgan fingerprint density at radius 2 is 1.93 bits per heavy atom. The van der Waals surface area contributed by atoms with Gasteiger partial charge in [-0.2, -0.15) is 5.26 Å². The number of benzene rings is 1. The topological polar surface area (TPSA) is 99.2 Å². The summed E-state index contributed by atoms with van der Waals surface area (Å²) in [4.78, 5) is 25.9. The number of aryl methyl sites for hydroxylation is 1. The molecule has 3 N–H and O–H groups in total. The number of nitriles is 1. The molecule has 1 aromatic rings. The van der Waals surface area contributed by atoms with Crippen LogP contribution in [0.25, 0.3) is 0 Å². The van der Waals surface area contributed by atoms with Crippen LogP contribution in [0, 0.1) is 11.3 Å². The molecule has 2 aliphatic rings. The first-order valence-electron chi connectivity index (χ1n) is 9.86. The number of likely N-dealkylation sites (tertiary alicyclic amines) is 1. The number of nitrogens with two attached hydrogens (primary N) is 1. The van der Waals surface area contributed by atoms with E-state index in [1.54, 1.807) is 12.1 Å². The molecule has 0 aromatic heterocycles. The second-order valence-corrected chi connectivity index (χ2v) is 7.82. The van der Waals surface area contributed by atoms with E-state index in [4.69, 9.17) is 5.73 Å². The van der Waals surface area contributed by atoms with E-state index in [1.165, 1.54) is 32.1 Å². The summed E-state index contributed by atoms with van der Waals surface area (Å²) in [6, 6.07) is 9.91. The Bertz CT molecular complexity index is 719. The molecule has 3 rings (SSSR count). The smallest absolute Gasteiger partial charge is 0.248 e. The van der Waals surface area contributed by atoms with Crippen LogP contribution < -0.4 is 11.1 Å². The SMILES string of the molecule is N#CC1(NC(=O)CCc2ccc(C(N)=O)cc2)CCN(C2CCCCC2)C1. The fourth-order valence-electron chi connectivity index (χ4n) is 4.24. The van der Waals surface area contributed by atoms with Crippen LogP contribution in [0.3, 0.4) is 0 Å². The molecule has 1 aliphatic heterocycles. The maximum atomic E-state index is 12.4. The molecule has 1 saturated carbocycles. The van der Waals surface area contributed by atoms with Crippen LogP contribution in [-0.2, 0) is 11.2 Å². The predicted molar refractivity (Wildman–Crippen MR) is 103 cm³/mol. The van der Waals surface area contributed by atoms with Crippen molar-refractivity contribution in [3.8, 4) is 6.07 Å². The van der Waals surface area contributed by atoms with Gasteiger partial charge in [-0.25, -0.2) is 0 Å². The lowest BCUT2D eigenvalue weighted by Gasteiger charge is -2.32. The minimum Gasteiger partial charge on any atom is -0.366 e. The molecule has 6 nitrogen and oxygen atoms in total. The van der Waals surface area contributed by atoms with Crippen molar-refractivity contribution in [1.82, 2.24) is 10.2 Å². The Hall–Kier alpha value is -2.39. The molecule has 27 heavy (non-hydrogen) atoms. The first kappa shape index (κ1) is 19.4. The third-order valence-corrected chi connectivity index (χ3v) is 5.86. The summed E-state index contributed by atoms with van der Waals surface area (Å²) in [6.07, 6.45) is 7.84. The molecule has 144 valence electrons. The van der Waals surface area contributed by atoms with Gasteiger partial charge in [-0.1, -0.05) is 31.4 Å². The van der Waals surface area contributed by atoms with Crippen LogP contribution >= 0.6 is 0 Å². The van der Waals surface area contributed by atoms with Gasteiger partial charge in [0.1, 0.15) is 5.54 Å². The van der Waals surface area contributed by atoms with Crippen LogP contribution in [0.5, 0.6) is 0 Å². The minimum absolute atomic E-state index is 0.0963. The molecule has 1 atom stereocenters. The van der Waals surface area contributed by atoms with Gasteiger partial charge in [-0.05, 0) is 43.4 Å². The van der Waals surface area contributed by atoms with Crippen LogP contribution in [0.4, 0.5) is 0 Å². The standard InChI is InChI=1S/C21H28N4O2/c22-14-21(12-13-25(15-21)18-4-2-1-3-5-18)24-19(26)11-8-16-6-9-17(10-7-16)20(23)27/h6-7,9-10,18H,1-5,8,11-13,15H2,(H2,23,27)(H,24,26). The number of hydrogen-bond acceptors (Lipinski definition) is 4. The van der Waals surface area contributed by atoms with Gasteiger partial charge in [0, 0.05) is 31.1 Å². The van der Waals surface area contributed by atoms with E-state index in [1.807, 2.05) is 12.1 Å². The molecule has 0 radical (unpaired) electrons. The number of primary amides is 1. The summed E-state index contributed by atoms with van der Waals surface area (Å²) in [5.41, 5.74) is 5.90. The van der Waals surface area contributed by atoms with Crippen LogP contribution in [-0.4, -0.2) is 41.4 Å². The van der Waals surface area contributed by atoms with Crippen molar-refractivity contribution in [2.75, 3.05) is 13.1 Å². The van der Waals surface area contributed by atoms with Crippen molar-refractivity contribution in [2.45, 2.75) is 62.9 Å². The van der Waals surface area contributed by atoms with Crippen LogP contribution in [0.1, 0.15) is 60.9 Å². The molecule has 1 unspecified atom stereocenters. The molecule has 1 aromatic carbocycles. The van der Waals surface area contributed by atoms with Crippen molar-refractivity contribution in [1.29, 1.82) is 5.26 Å². The van der Waals surface area contributed by atoms with Gasteiger partial charge in [0.25, 0.3) is 0 Å². The van der Waals surface area contributed by atoms with Crippen molar-refractivity contribution < 1.29 is 9.59 Å². The zero-order valence-corrected chi connectivity index (χ0v) is 15.7. The Labute approximate surface area is 160 Å². The van der Waals surface area contributed by atoms with E-state index in [0.29, 0.717) is 37.4 Å². The normalized spacial score (nSPS) is 23.7. The molecule has 1 aliphatic carbocycles. The number of amides is 2. The number of carbonyl (C=O) groups is 2. The Balaban J connectivity index is 1.51. The number of rotatable bonds is 6. The van der Waals surface area contributed by atoms with Gasteiger partial charge >= 0.3 is 0 Å². The summed E-state index contributed by atoms with van der Waals surface area (Å²) in [6.45, 7) is 1.51. The highest BCUT2D eigenvalue weighted by Crippen LogP contribution is 2.29. The molecule has 2 amide bonds. The van der Waals surface area contributed by atoms with Gasteiger partial charge < -0.3 is 11.1 Å². The monoisotopic (exact) mass is 368 g/mol.